The first-order chi connectivity index (χ1) is 13.9. The Balaban J connectivity index is 1.69. The first kappa shape index (κ1) is 21.7. The molecule has 152 valence electrons. The molecule has 10 heteroatoms. The SMILES string of the molecule is COc1cc(NC(=S)Nc2nn(Cc3ccc(Cl)c(Cl)c3)cc2Br)cc(OC)c1. The van der Waals surface area contributed by atoms with Gasteiger partial charge in [-0.05, 0) is 45.8 Å². The Morgan fingerprint density at radius 2 is 1.76 bits per heavy atom. The van der Waals surface area contributed by atoms with Gasteiger partial charge in [-0.15, -0.1) is 0 Å². The lowest BCUT2D eigenvalue weighted by Crippen LogP contribution is -2.20. The zero-order chi connectivity index (χ0) is 21.0. The van der Waals surface area contributed by atoms with Crippen LogP contribution in [0.3, 0.4) is 0 Å². The van der Waals surface area contributed by atoms with Gasteiger partial charge in [0.1, 0.15) is 11.5 Å². The Labute approximate surface area is 192 Å². The molecule has 2 N–H and O–H groups in total. The Bertz CT molecular complexity index is 1020. The van der Waals surface area contributed by atoms with Crippen LogP contribution in [0.2, 0.25) is 10.0 Å². The maximum atomic E-state index is 6.08. The van der Waals surface area contributed by atoms with Gasteiger partial charge in [0.05, 0.1) is 35.3 Å². The molecule has 0 saturated heterocycles. The monoisotopic (exact) mass is 514 g/mol. The average Bonchev–Trinajstić information content (AvgIpc) is 3.02. The number of hydrogen-bond donors (Lipinski definition) is 2. The highest BCUT2D eigenvalue weighted by molar-refractivity contribution is 9.10. The van der Waals surface area contributed by atoms with E-state index in [1.807, 2.05) is 30.5 Å². The smallest absolute Gasteiger partial charge is 0.176 e. The number of methoxy groups -OCH3 is 2. The van der Waals surface area contributed by atoms with E-state index in [4.69, 9.17) is 44.9 Å². The van der Waals surface area contributed by atoms with Gasteiger partial charge in [0.15, 0.2) is 10.9 Å². The van der Waals surface area contributed by atoms with Crippen LogP contribution in [0.5, 0.6) is 11.5 Å². The van der Waals surface area contributed by atoms with Gasteiger partial charge < -0.3 is 20.1 Å². The van der Waals surface area contributed by atoms with Crippen LogP contribution >= 0.6 is 51.3 Å². The Morgan fingerprint density at radius 1 is 1.07 bits per heavy atom. The summed E-state index contributed by atoms with van der Waals surface area (Å²) in [5, 5.41) is 12.1. The highest BCUT2D eigenvalue weighted by atomic mass is 79.9. The minimum atomic E-state index is 0.376. The second-order valence-electron chi connectivity index (χ2n) is 5.95. The molecule has 0 unspecified atom stereocenters. The van der Waals surface area contributed by atoms with Crippen LogP contribution in [0.1, 0.15) is 5.56 Å². The van der Waals surface area contributed by atoms with E-state index >= 15 is 0 Å². The maximum Gasteiger partial charge on any atom is 0.176 e. The fraction of sp³-hybridized carbons (Fsp3) is 0.158. The molecule has 0 radical (unpaired) electrons. The van der Waals surface area contributed by atoms with Gasteiger partial charge in [0.2, 0.25) is 0 Å². The number of benzene rings is 2. The molecule has 0 bridgehead atoms. The zero-order valence-corrected chi connectivity index (χ0v) is 19.4. The van der Waals surface area contributed by atoms with E-state index in [1.165, 1.54) is 0 Å². The van der Waals surface area contributed by atoms with E-state index in [0.717, 1.165) is 15.7 Å². The quantitative estimate of drug-likeness (QED) is 0.403. The number of anilines is 2. The van der Waals surface area contributed by atoms with Crippen molar-refractivity contribution in [2.24, 2.45) is 0 Å². The largest absolute Gasteiger partial charge is 0.497 e. The summed E-state index contributed by atoms with van der Waals surface area (Å²) in [6.45, 7) is 0.532. The van der Waals surface area contributed by atoms with Crippen LogP contribution in [0.15, 0.2) is 47.1 Å². The van der Waals surface area contributed by atoms with Crippen molar-refractivity contribution >= 4 is 68.0 Å². The maximum absolute atomic E-state index is 6.08. The predicted octanol–water partition coefficient (Wildman–Crippen LogP) is 5.83. The molecule has 0 atom stereocenters. The average molecular weight is 516 g/mol. The minimum Gasteiger partial charge on any atom is -0.497 e. The van der Waals surface area contributed by atoms with E-state index in [0.29, 0.717) is 39.0 Å². The third-order valence-corrected chi connectivity index (χ3v) is 5.41. The first-order valence-corrected chi connectivity index (χ1v) is 10.3. The molecule has 0 aliphatic rings. The summed E-state index contributed by atoms with van der Waals surface area (Å²) in [5.74, 6) is 1.89. The van der Waals surface area contributed by atoms with Crippen molar-refractivity contribution in [3.05, 3.63) is 62.7 Å². The number of rotatable bonds is 6. The number of halogens is 3. The molecular weight excluding hydrogens is 499 g/mol. The third-order valence-electron chi connectivity index (χ3n) is 3.89. The van der Waals surface area contributed by atoms with Crippen molar-refractivity contribution in [3.63, 3.8) is 0 Å². The van der Waals surface area contributed by atoms with Crippen molar-refractivity contribution in [1.29, 1.82) is 0 Å². The summed E-state index contributed by atoms with van der Waals surface area (Å²) < 4.78 is 13.1. The highest BCUT2D eigenvalue weighted by Gasteiger charge is 2.10. The van der Waals surface area contributed by atoms with Crippen LogP contribution in [0, 0.1) is 0 Å². The summed E-state index contributed by atoms with van der Waals surface area (Å²) in [7, 11) is 3.18. The lowest BCUT2D eigenvalue weighted by Gasteiger charge is -2.12. The molecule has 0 aliphatic carbocycles. The van der Waals surface area contributed by atoms with E-state index in [9.17, 15) is 0 Å². The molecule has 0 saturated carbocycles. The molecule has 29 heavy (non-hydrogen) atoms. The number of ether oxygens (including phenoxy) is 2. The summed E-state index contributed by atoms with van der Waals surface area (Å²) in [6, 6.07) is 10.9. The van der Waals surface area contributed by atoms with Crippen LogP contribution in [0.4, 0.5) is 11.5 Å². The normalized spacial score (nSPS) is 10.5. The van der Waals surface area contributed by atoms with Gasteiger partial charge in [-0.3, -0.25) is 4.68 Å². The number of hydrogen-bond acceptors (Lipinski definition) is 4. The standard InChI is InChI=1S/C19H17BrCl2N4O2S/c1-27-13-6-12(7-14(8-13)28-2)23-19(29)24-18-15(20)10-26(25-18)9-11-3-4-16(21)17(22)5-11/h3-8,10H,9H2,1-2H3,(H2,23,24,25,29). The molecule has 3 aromatic rings. The summed E-state index contributed by atoms with van der Waals surface area (Å²) in [5.41, 5.74) is 1.70. The second-order valence-corrected chi connectivity index (χ2v) is 8.03. The lowest BCUT2D eigenvalue weighted by atomic mass is 10.2. The summed E-state index contributed by atoms with van der Waals surface area (Å²) in [4.78, 5) is 0. The summed E-state index contributed by atoms with van der Waals surface area (Å²) >= 11 is 20.9. The van der Waals surface area contributed by atoms with Crippen molar-refractivity contribution < 1.29 is 9.47 Å². The number of aromatic nitrogens is 2. The van der Waals surface area contributed by atoms with Gasteiger partial charge >= 0.3 is 0 Å². The van der Waals surface area contributed by atoms with E-state index in [1.54, 1.807) is 31.0 Å². The van der Waals surface area contributed by atoms with Crippen molar-refractivity contribution in [1.82, 2.24) is 9.78 Å². The van der Waals surface area contributed by atoms with Gasteiger partial charge in [-0.25, -0.2) is 0 Å². The van der Waals surface area contributed by atoms with Crippen molar-refractivity contribution in [3.8, 4) is 11.5 Å². The molecule has 1 heterocycles. The Hall–Kier alpha value is -2.00. The van der Waals surface area contributed by atoms with E-state index in [-0.39, 0.29) is 0 Å². The molecule has 1 aromatic heterocycles. The van der Waals surface area contributed by atoms with E-state index < -0.39 is 0 Å². The number of nitrogens with zero attached hydrogens (tertiary/aromatic N) is 2. The predicted molar refractivity (Wildman–Crippen MR) is 125 cm³/mol. The van der Waals surface area contributed by atoms with Crippen LogP contribution in [0.25, 0.3) is 0 Å². The molecule has 0 fully saturated rings. The molecule has 2 aromatic carbocycles. The van der Waals surface area contributed by atoms with Gasteiger partial charge in [0, 0.05) is 30.1 Å². The van der Waals surface area contributed by atoms with Crippen molar-refractivity contribution in [2.45, 2.75) is 6.54 Å². The fourth-order valence-corrected chi connectivity index (χ4v) is 3.49. The molecule has 0 amide bonds. The van der Waals surface area contributed by atoms with Crippen molar-refractivity contribution in [2.75, 3.05) is 24.9 Å². The van der Waals surface area contributed by atoms with Gasteiger partial charge in [0.25, 0.3) is 0 Å². The number of thiocarbonyl (C=S) groups is 1. The van der Waals surface area contributed by atoms with Crippen LogP contribution < -0.4 is 20.1 Å². The molecule has 0 spiro atoms. The molecule has 6 nitrogen and oxygen atoms in total. The van der Waals surface area contributed by atoms with Crippen LogP contribution in [-0.2, 0) is 6.54 Å². The van der Waals surface area contributed by atoms with E-state index in [2.05, 4.69) is 31.7 Å². The molecule has 3 rings (SSSR count). The molecule has 0 aliphatic heterocycles. The molecular formula is C19H17BrCl2N4O2S. The van der Waals surface area contributed by atoms with Gasteiger partial charge in [-0.2, -0.15) is 5.10 Å². The Morgan fingerprint density at radius 3 is 2.38 bits per heavy atom. The fourth-order valence-electron chi connectivity index (χ4n) is 2.54. The zero-order valence-electron chi connectivity index (χ0n) is 15.5. The summed E-state index contributed by atoms with van der Waals surface area (Å²) in [6.07, 6.45) is 1.85. The second kappa shape index (κ2) is 9.67. The Kier molecular flexibility index (Phi) is 7.23. The highest BCUT2D eigenvalue weighted by Crippen LogP contribution is 2.27. The minimum absolute atomic E-state index is 0.376. The first-order valence-electron chi connectivity index (χ1n) is 8.36. The third kappa shape index (κ3) is 5.76. The topological polar surface area (TPSA) is 60.3 Å². The number of nitrogens with one attached hydrogen (secondary N) is 2. The lowest BCUT2D eigenvalue weighted by molar-refractivity contribution is 0.395. The van der Waals surface area contributed by atoms with Crippen LogP contribution in [-0.4, -0.2) is 29.1 Å². The van der Waals surface area contributed by atoms with Gasteiger partial charge in [-0.1, -0.05) is 29.3 Å².